The van der Waals surface area contributed by atoms with Gasteiger partial charge in [-0.3, -0.25) is 4.79 Å². The summed E-state index contributed by atoms with van der Waals surface area (Å²) in [5.41, 5.74) is 2.38. The van der Waals surface area contributed by atoms with Crippen LogP contribution in [-0.2, 0) is 6.54 Å². The van der Waals surface area contributed by atoms with Crippen LogP contribution in [0.3, 0.4) is 0 Å². The van der Waals surface area contributed by atoms with E-state index in [9.17, 15) is 4.79 Å². The SMILES string of the molecule is CSc1nc(CNCCCCN2CCC(C(=O)c3ccc(Cl)cc3)CC2)ccc1C#N. The number of likely N-dealkylation sites (tertiary alicyclic amines) is 1. The molecule has 0 saturated carbocycles. The first-order valence-corrected chi connectivity index (χ1v) is 12.4. The van der Waals surface area contributed by atoms with Crippen LogP contribution in [0.15, 0.2) is 41.4 Å². The molecule has 1 saturated heterocycles. The van der Waals surface area contributed by atoms with Gasteiger partial charge in [0.15, 0.2) is 5.78 Å². The second-order valence-electron chi connectivity index (χ2n) is 7.84. The summed E-state index contributed by atoms with van der Waals surface area (Å²) >= 11 is 7.42. The number of benzene rings is 1. The first-order valence-electron chi connectivity index (χ1n) is 10.8. The molecule has 0 atom stereocenters. The Morgan fingerprint density at radius 2 is 1.97 bits per heavy atom. The van der Waals surface area contributed by atoms with Gasteiger partial charge in [0.2, 0.25) is 0 Å². The number of nitriles is 1. The predicted octanol–water partition coefficient (Wildman–Crippen LogP) is 4.79. The van der Waals surface area contributed by atoms with Crippen LogP contribution in [0.5, 0.6) is 0 Å². The molecule has 2 aromatic rings. The van der Waals surface area contributed by atoms with Crippen molar-refractivity contribution >= 4 is 29.1 Å². The normalized spacial score (nSPS) is 15.0. The highest BCUT2D eigenvalue weighted by atomic mass is 35.5. The van der Waals surface area contributed by atoms with Crippen LogP contribution in [0.1, 0.15) is 47.3 Å². The lowest BCUT2D eigenvalue weighted by Crippen LogP contribution is -2.37. The van der Waals surface area contributed by atoms with E-state index >= 15 is 0 Å². The van der Waals surface area contributed by atoms with Gasteiger partial charge in [-0.25, -0.2) is 4.98 Å². The minimum Gasteiger partial charge on any atom is -0.311 e. The van der Waals surface area contributed by atoms with Gasteiger partial charge in [-0.05, 0) is 94.5 Å². The van der Waals surface area contributed by atoms with Crippen LogP contribution in [0.2, 0.25) is 5.02 Å². The minimum atomic E-state index is 0.130. The maximum atomic E-state index is 12.7. The Labute approximate surface area is 194 Å². The number of nitrogens with zero attached hydrogens (tertiary/aromatic N) is 3. The number of thioether (sulfide) groups is 1. The predicted molar refractivity (Wildman–Crippen MR) is 127 cm³/mol. The fourth-order valence-electron chi connectivity index (χ4n) is 3.89. The Hall–Kier alpha value is -1.91. The van der Waals surface area contributed by atoms with E-state index < -0.39 is 0 Å². The van der Waals surface area contributed by atoms with Crippen molar-refractivity contribution in [2.75, 3.05) is 32.4 Å². The highest BCUT2D eigenvalue weighted by Crippen LogP contribution is 2.23. The number of piperidine rings is 1. The van der Waals surface area contributed by atoms with E-state index in [-0.39, 0.29) is 11.7 Å². The Morgan fingerprint density at radius 3 is 2.65 bits per heavy atom. The molecular formula is C24H29ClN4OS. The summed E-state index contributed by atoms with van der Waals surface area (Å²) in [6.07, 6.45) is 6.05. The van der Waals surface area contributed by atoms with E-state index in [2.05, 4.69) is 21.3 Å². The molecular weight excluding hydrogens is 428 g/mol. The van der Waals surface area contributed by atoms with Crippen molar-refractivity contribution in [3.63, 3.8) is 0 Å². The Bertz CT molecular complexity index is 905. The zero-order valence-electron chi connectivity index (χ0n) is 17.9. The van der Waals surface area contributed by atoms with E-state index in [1.165, 1.54) is 11.8 Å². The van der Waals surface area contributed by atoms with Crippen molar-refractivity contribution in [2.24, 2.45) is 5.92 Å². The summed E-state index contributed by atoms with van der Waals surface area (Å²) in [4.78, 5) is 19.7. The monoisotopic (exact) mass is 456 g/mol. The lowest BCUT2D eigenvalue weighted by molar-refractivity contribution is 0.0839. The molecule has 0 spiro atoms. The Balaban J connectivity index is 1.30. The molecule has 7 heteroatoms. The van der Waals surface area contributed by atoms with E-state index in [4.69, 9.17) is 16.9 Å². The maximum absolute atomic E-state index is 12.7. The Kier molecular flexibility index (Phi) is 9.35. The van der Waals surface area contributed by atoms with Gasteiger partial charge in [-0.1, -0.05) is 11.6 Å². The average Bonchev–Trinajstić information content (AvgIpc) is 2.81. The summed E-state index contributed by atoms with van der Waals surface area (Å²) in [7, 11) is 0. The van der Waals surface area contributed by atoms with Crippen molar-refractivity contribution < 1.29 is 4.79 Å². The number of pyridine rings is 1. The lowest BCUT2D eigenvalue weighted by Gasteiger charge is -2.31. The molecule has 0 aliphatic carbocycles. The summed E-state index contributed by atoms with van der Waals surface area (Å²) in [6, 6.07) is 13.2. The van der Waals surface area contributed by atoms with Gasteiger partial charge in [-0.2, -0.15) is 5.26 Å². The fraction of sp³-hybridized carbons (Fsp3) is 0.458. The molecule has 1 aromatic carbocycles. The van der Waals surface area contributed by atoms with E-state index in [1.54, 1.807) is 12.1 Å². The van der Waals surface area contributed by atoms with Gasteiger partial charge in [0.05, 0.1) is 11.3 Å². The molecule has 0 bridgehead atoms. The Morgan fingerprint density at radius 1 is 1.23 bits per heavy atom. The molecule has 164 valence electrons. The molecule has 31 heavy (non-hydrogen) atoms. The standard InChI is InChI=1S/C24H29ClN4OS/c1-31-24-20(16-26)6-9-22(28-24)17-27-12-2-3-13-29-14-10-19(11-15-29)23(30)18-4-7-21(25)8-5-18/h4-9,19,27H,2-3,10-15,17H2,1H3. The average molecular weight is 457 g/mol. The van der Waals surface area contributed by atoms with Crippen molar-refractivity contribution in [2.45, 2.75) is 37.3 Å². The number of ketones is 1. The number of aromatic nitrogens is 1. The molecule has 0 amide bonds. The second kappa shape index (κ2) is 12.2. The van der Waals surface area contributed by atoms with Crippen molar-refractivity contribution in [3.05, 3.63) is 58.2 Å². The first kappa shape index (κ1) is 23.7. The van der Waals surface area contributed by atoms with Crippen molar-refractivity contribution in [1.29, 1.82) is 5.26 Å². The summed E-state index contributed by atoms with van der Waals surface area (Å²) in [6.45, 7) is 4.72. The van der Waals surface area contributed by atoms with Gasteiger partial charge in [0, 0.05) is 23.0 Å². The molecule has 5 nitrogen and oxygen atoms in total. The number of Topliss-reactive ketones (excluding diaryl/α,β-unsaturated/α-hetero) is 1. The second-order valence-corrected chi connectivity index (χ2v) is 9.07. The number of rotatable bonds is 10. The highest BCUT2D eigenvalue weighted by Gasteiger charge is 2.25. The largest absolute Gasteiger partial charge is 0.311 e. The first-order chi connectivity index (χ1) is 15.1. The number of nitrogens with one attached hydrogen (secondary N) is 1. The van der Waals surface area contributed by atoms with Gasteiger partial charge >= 0.3 is 0 Å². The van der Waals surface area contributed by atoms with Crippen LogP contribution in [0.4, 0.5) is 0 Å². The zero-order valence-corrected chi connectivity index (χ0v) is 19.5. The number of hydrogen-bond acceptors (Lipinski definition) is 6. The lowest BCUT2D eigenvalue weighted by atomic mass is 9.89. The number of halogens is 1. The number of hydrogen-bond donors (Lipinski definition) is 1. The summed E-state index contributed by atoms with van der Waals surface area (Å²) in [5.74, 6) is 0.381. The van der Waals surface area contributed by atoms with Crippen molar-refractivity contribution in [3.8, 4) is 6.07 Å². The maximum Gasteiger partial charge on any atom is 0.166 e. The number of carbonyl (C=O) groups excluding carboxylic acids is 1. The summed E-state index contributed by atoms with van der Waals surface area (Å²) in [5, 5.41) is 14.0. The van der Waals surface area contributed by atoms with Crippen LogP contribution in [-0.4, -0.2) is 48.1 Å². The van der Waals surface area contributed by atoms with E-state index in [0.29, 0.717) is 10.6 Å². The number of unbranched alkanes of at least 4 members (excludes halogenated alkanes) is 1. The third kappa shape index (κ3) is 7.05. The third-order valence-corrected chi connectivity index (χ3v) is 6.65. The molecule has 1 N–H and O–H groups in total. The van der Waals surface area contributed by atoms with Crippen LogP contribution in [0.25, 0.3) is 0 Å². The fourth-order valence-corrected chi connectivity index (χ4v) is 4.56. The van der Waals surface area contributed by atoms with Gasteiger partial charge in [0.1, 0.15) is 11.1 Å². The third-order valence-electron chi connectivity index (χ3n) is 5.70. The molecule has 3 rings (SSSR count). The number of carbonyl (C=O) groups is 1. The quantitative estimate of drug-likeness (QED) is 0.315. The van der Waals surface area contributed by atoms with Crippen LogP contribution in [0, 0.1) is 17.2 Å². The molecule has 2 heterocycles. The van der Waals surface area contributed by atoms with Gasteiger partial charge in [-0.15, -0.1) is 11.8 Å². The van der Waals surface area contributed by atoms with Gasteiger partial charge < -0.3 is 10.2 Å². The molecule has 1 fully saturated rings. The molecule has 0 radical (unpaired) electrons. The van der Waals surface area contributed by atoms with Crippen LogP contribution >= 0.6 is 23.4 Å². The zero-order chi connectivity index (χ0) is 22.1. The van der Waals surface area contributed by atoms with Crippen molar-refractivity contribution in [1.82, 2.24) is 15.2 Å². The van der Waals surface area contributed by atoms with E-state index in [1.807, 2.05) is 30.5 Å². The van der Waals surface area contributed by atoms with Gasteiger partial charge in [0.25, 0.3) is 0 Å². The van der Waals surface area contributed by atoms with E-state index in [0.717, 1.165) is 74.7 Å². The molecule has 1 aromatic heterocycles. The topological polar surface area (TPSA) is 69.0 Å². The highest BCUT2D eigenvalue weighted by molar-refractivity contribution is 7.98. The smallest absolute Gasteiger partial charge is 0.166 e. The molecule has 0 unspecified atom stereocenters. The van der Waals surface area contributed by atoms with Crippen LogP contribution < -0.4 is 5.32 Å². The minimum absolute atomic E-state index is 0.130. The molecule has 1 aliphatic rings. The summed E-state index contributed by atoms with van der Waals surface area (Å²) < 4.78 is 0. The molecule has 1 aliphatic heterocycles.